The Kier molecular flexibility index (Phi) is 4.81. The molecule has 5 nitrogen and oxygen atoms in total. The van der Waals surface area contributed by atoms with Crippen LogP contribution in [-0.2, 0) is 14.3 Å². The molecule has 1 aromatic carbocycles. The van der Waals surface area contributed by atoms with E-state index in [0.717, 1.165) is 0 Å². The average Bonchev–Trinajstić information content (AvgIpc) is 2.32. The number of benzene rings is 1. The molecule has 0 amide bonds. The number of nitrogens with two attached hydrogens (primary N) is 1. The number of hydrogen-bond acceptors (Lipinski definition) is 5. The summed E-state index contributed by atoms with van der Waals surface area (Å²) in [5.41, 5.74) is 5.80. The normalized spacial score (nSPS) is 11.8. The van der Waals surface area contributed by atoms with E-state index in [1.807, 2.05) is 0 Å². The molecule has 0 heterocycles. The van der Waals surface area contributed by atoms with Crippen LogP contribution in [0.15, 0.2) is 12.1 Å². The minimum absolute atomic E-state index is 0.00239. The van der Waals surface area contributed by atoms with Gasteiger partial charge in [-0.05, 0) is 19.1 Å². The van der Waals surface area contributed by atoms with Gasteiger partial charge in [0.05, 0.1) is 22.7 Å². The lowest BCUT2D eigenvalue weighted by atomic mass is 10.2. The second-order valence-corrected chi connectivity index (χ2v) is 4.22. The lowest BCUT2D eigenvalue weighted by Crippen LogP contribution is -2.25. The van der Waals surface area contributed by atoms with Gasteiger partial charge in [0, 0.05) is 5.69 Å². The van der Waals surface area contributed by atoms with Crippen molar-refractivity contribution < 1.29 is 19.1 Å². The first kappa shape index (κ1) is 14.6. The Balaban J connectivity index is 2.95. The molecule has 0 aliphatic heterocycles. The molecule has 0 aliphatic rings. The van der Waals surface area contributed by atoms with Crippen LogP contribution < -0.4 is 5.73 Å². The first-order valence-electron chi connectivity index (χ1n) is 4.90. The summed E-state index contributed by atoms with van der Waals surface area (Å²) in [5.74, 6) is -1.47. The maximum Gasteiger partial charge on any atom is 0.346 e. The molecule has 0 saturated carbocycles. The second-order valence-electron chi connectivity index (χ2n) is 3.43. The highest BCUT2D eigenvalue weighted by Gasteiger charge is 2.22. The first-order chi connectivity index (χ1) is 8.36. The molecule has 1 rings (SSSR count). The van der Waals surface area contributed by atoms with Gasteiger partial charge in [-0.3, -0.25) is 0 Å². The van der Waals surface area contributed by atoms with E-state index in [-0.39, 0.29) is 21.3 Å². The number of methoxy groups -OCH3 is 1. The van der Waals surface area contributed by atoms with Crippen LogP contribution in [0.5, 0.6) is 0 Å². The summed E-state index contributed by atoms with van der Waals surface area (Å²) >= 11 is 11.6. The van der Waals surface area contributed by atoms with E-state index in [1.54, 1.807) is 0 Å². The van der Waals surface area contributed by atoms with Crippen molar-refractivity contribution in [1.82, 2.24) is 0 Å². The number of anilines is 1. The molecular weight excluding hydrogens is 281 g/mol. The summed E-state index contributed by atoms with van der Waals surface area (Å²) in [4.78, 5) is 22.9. The fourth-order valence-corrected chi connectivity index (χ4v) is 1.61. The van der Waals surface area contributed by atoms with Gasteiger partial charge in [-0.25, -0.2) is 9.59 Å². The summed E-state index contributed by atoms with van der Waals surface area (Å²) in [5, 5.41) is 0.155. The van der Waals surface area contributed by atoms with Crippen LogP contribution in [0.2, 0.25) is 10.0 Å². The van der Waals surface area contributed by atoms with E-state index in [0.29, 0.717) is 0 Å². The van der Waals surface area contributed by atoms with Gasteiger partial charge in [-0.15, -0.1) is 0 Å². The Labute approximate surface area is 114 Å². The van der Waals surface area contributed by atoms with E-state index in [1.165, 1.54) is 26.2 Å². The molecule has 7 heteroatoms. The number of carbonyl (C=O) groups excluding carboxylic acids is 2. The third-order valence-electron chi connectivity index (χ3n) is 2.09. The number of hydrogen-bond donors (Lipinski definition) is 1. The zero-order valence-corrected chi connectivity index (χ0v) is 11.2. The first-order valence-corrected chi connectivity index (χ1v) is 5.65. The van der Waals surface area contributed by atoms with E-state index in [4.69, 9.17) is 33.7 Å². The zero-order valence-electron chi connectivity index (χ0n) is 9.70. The Morgan fingerprint density at radius 1 is 1.33 bits per heavy atom. The Morgan fingerprint density at radius 2 is 1.94 bits per heavy atom. The molecule has 1 atom stereocenters. The number of esters is 2. The van der Waals surface area contributed by atoms with Crippen molar-refractivity contribution in [2.45, 2.75) is 13.0 Å². The van der Waals surface area contributed by atoms with Gasteiger partial charge < -0.3 is 15.2 Å². The van der Waals surface area contributed by atoms with Gasteiger partial charge in [0.15, 0.2) is 6.10 Å². The van der Waals surface area contributed by atoms with E-state index >= 15 is 0 Å². The molecule has 2 N–H and O–H groups in total. The Bertz CT molecular complexity index is 490. The fraction of sp³-hybridized carbons (Fsp3) is 0.273. The van der Waals surface area contributed by atoms with Crippen molar-refractivity contribution in [3.63, 3.8) is 0 Å². The van der Waals surface area contributed by atoms with Crippen molar-refractivity contribution in [3.8, 4) is 0 Å². The van der Waals surface area contributed by atoms with E-state index < -0.39 is 18.0 Å². The van der Waals surface area contributed by atoms with Crippen LogP contribution in [-0.4, -0.2) is 25.2 Å². The second kappa shape index (κ2) is 5.93. The SMILES string of the molecule is COC(=O)C(C)OC(=O)c1cc(N)cc(Cl)c1Cl. The van der Waals surface area contributed by atoms with Crippen LogP contribution >= 0.6 is 23.2 Å². The van der Waals surface area contributed by atoms with Crippen molar-refractivity contribution in [1.29, 1.82) is 0 Å². The van der Waals surface area contributed by atoms with Crippen molar-refractivity contribution in [2.75, 3.05) is 12.8 Å². The maximum absolute atomic E-state index is 11.8. The largest absolute Gasteiger partial charge is 0.466 e. The highest BCUT2D eigenvalue weighted by molar-refractivity contribution is 6.44. The van der Waals surface area contributed by atoms with Crippen LogP contribution in [0.4, 0.5) is 5.69 Å². The molecule has 0 aromatic heterocycles. The third kappa shape index (κ3) is 3.27. The zero-order chi connectivity index (χ0) is 13.9. The summed E-state index contributed by atoms with van der Waals surface area (Å²) in [7, 11) is 1.19. The van der Waals surface area contributed by atoms with Crippen molar-refractivity contribution in [2.24, 2.45) is 0 Å². The van der Waals surface area contributed by atoms with Gasteiger partial charge in [-0.2, -0.15) is 0 Å². The molecule has 1 unspecified atom stereocenters. The van der Waals surface area contributed by atoms with Crippen molar-refractivity contribution >= 4 is 40.8 Å². The predicted molar refractivity (Wildman–Crippen MR) is 67.8 cm³/mol. The number of rotatable bonds is 3. The summed E-state index contributed by atoms with van der Waals surface area (Å²) in [6, 6.07) is 2.73. The van der Waals surface area contributed by atoms with Crippen molar-refractivity contribution in [3.05, 3.63) is 27.7 Å². The van der Waals surface area contributed by atoms with E-state index in [9.17, 15) is 9.59 Å². The topological polar surface area (TPSA) is 78.6 Å². The van der Waals surface area contributed by atoms with Gasteiger partial charge in [0.25, 0.3) is 0 Å². The average molecular weight is 292 g/mol. The highest BCUT2D eigenvalue weighted by Crippen LogP contribution is 2.29. The molecular formula is C11H11Cl2NO4. The number of carbonyl (C=O) groups is 2. The van der Waals surface area contributed by atoms with Crippen LogP contribution in [0.3, 0.4) is 0 Å². The fourth-order valence-electron chi connectivity index (χ4n) is 1.20. The lowest BCUT2D eigenvalue weighted by Gasteiger charge is -2.12. The highest BCUT2D eigenvalue weighted by atomic mass is 35.5. The molecule has 0 bridgehead atoms. The molecule has 0 radical (unpaired) electrons. The monoisotopic (exact) mass is 291 g/mol. The smallest absolute Gasteiger partial charge is 0.346 e. The number of halogens is 2. The minimum atomic E-state index is -1.04. The molecule has 0 fully saturated rings. The molecule has 1 aromatic rings. The number of nitrogen functional groups attached to an aromatic ring is 1. The molecule has 0 spiro atoms. The van der Waals surface area contributed by atoms with Crippen LogP contribution in [0.25, 0.3) is 0 Å². The third-order valence-corrected chi connectivity index (χ3v) is 2.89. The van der Waals surface area contributed by atoms with Gasteiger partial charge in [0.2, 0.25) is 0 Å². The predicted octanol–water partition coefficient (Wildman–Crippen LogP) is 2.29. The molecule has 98 valence electrons. The number of ether oxygens (including phenoxy) is 2. The van der Waals surface area contributed by atoms with Gasteiger partial charge >= 0.3 is 11.9 Å². The maximum atomic E-state index is 11.8. The van der Waals surface area contributed by atoms with E-state index in [2.05, 4.69) is 4.74 Å². The standard InChI is InChI=1S/C11H11Cl2NO4/c1-5(10(15)17-2)18-11(16)7-3-6(14)4-8(12)9(7)13/h3-5H,14H2,1-2H3. The van der Waals surface area contributed by atoms with Crippen LogP contribution in [0.1, 0.15) is 17.3 Å². The summed E-state index contributed by atoms with van der Waals surface area (Å²) in [6.07, 6.45) is -1.04. The summed E-state index contributed by atoms with van der Waals surface area (Å²) in [6.45, 7) is 1.38. The Hall–Kier alpha value is -1.46. The Morgan fingerprint density at radius 3 is 2.50 bits per heavy atom. The molecule has 0 saturated heterocycles. The summed E-state index contributed by atoms with van der Waals surface area (Å²) < 4.78 is 9.29. The molecule has 0 aliphatic carbocycles. The van der Waals surface area contributed by atoms with Gasteiger partial charge in [0.1, 0.15) is 0 Å². The lowest BCUT2D eigenvalue weighted by molar-refractivity contribution is -0.149. The quantitative estimate of drug-likeness (QED) is 0.683. The van der Waals surface area contributed by atoms with Crippen LogP contribution in [0, 0.1) is 0 Å². The van der Waals surface area contributed by atoms with Gasteiger partial charge in [-0.1, -0.05) is 23.2 Å². The molecule has 18 heavy (non-hydrogen) atoms. The minimum Gasteiger partial charge on any atom is -0.466 e.